The topological polar surface area (TPSA) is 58.6 Å². The highest BCUT2D eigenvalue weighted by molar-refractivity contribution is 5.92. The molecule has 16 heavy (non-hydrogen) atoms. The summed E-state index contributed by atoms with van der Waals surface area (Å²) in [4.78, 5) is 24.0. The highest BCUT2D eigenvalue weighted by Gasteiger charge is 2.21. The molecule has 0 aliphatic carbocycles. The van der Waals surface area contributed by atoms with Crippen molar-refractivity contribution in [1.29, 1.82) is 0 Å². The maximum Gasteiger partial charge on any atom is 0.242 e. The van der Waals surface area contributed by atoms with Crippen LogP contribution in [0.2, 0.25) is 0 Å². The molecule has 5 heteroatoms. The molecule has 92 valence electrons. The first-order chi connectivity index (χ1) is 7.59. The fourth-order valence-electron chi connectivity index (χ4n) is 1.48. The molecule has 0 aromatic carbocycles. The zero-order valence-electron chi connectivity index (χ0n) is 9.99. The van der Waals surface area contributed by atoms with Crippen LogP contribution in [0.25, 0.3) is 0 Å². The van der Waals surface area contributed by atoms with Crippen molar-refractivity contribution in [2.45, 2.75) is 20.3 Å². The summed E-state index contributed by atoms with van der Waals surface area (Å²) in [5.74, 6) is 0.438. The first-order valence-corrected chi connectivity index (χ1v) is 5.72. The van der Waals surface area contributed by atoms with Crippen LogP contribution in [0.4, 0.5) is 0 Å². The average Bonchev–Trinajstić information content (AvgIpc) is 2.22. The van der Waals surface area contributed by atoms with Gasteiger partial charge in [0, 0.05) is 19.8 Å². The van der Waals surface area contributed by atoms with E-state index in [0.29, 0.717) is 19.1 Å². The zero-order chi connectivity index (χ0) is 12.0. The molecule has 0 atom stereocenters. The Morgan fingerprint density at radius 1 is 1.44 bits per heavy atom. The molecule has 5 nitrogen and oxygen atoms in total. The van der Waals surface area contributed by atoms with E-state index >= 15 is 0 Å². The Morgan fingerprint density at radius 3 is 2.88 bits per heavy atom. The lowest BCUT2D eigenvalue weighted by atomic mass is 10.2. The van der Waals surface area contributed by atoms with Crippen LogP contribution in [0, 0.1) is 5.92 Å². The van der Waals surface area contributed by atoms with Crippen LogP contribution in [-0.2, 0) is 14.3 Å². The Bertz CT molecular complexity index is 254. The van der Waals surface area contributed by atoms with Crippen molar-refractivity contribution in [3.63, 3.8) is 0 Å². The quantitative estimate of drug-likeness (QED) is 0.651. The van der Waals surface area contributed by atoms with E-state index in [1.54, 1.807) is 4.90 Å². The molecule has 1 aliphatic heterocycles. The molecule has 1 aliphatic rings. The number of rotatable bonds is 6. The second kappa shape index (κ2) is 6.48. The molecule has 0 spiro atoms. The molecular formula is C11H20N2O3. The maximum atomic E-state index is 11.4. The molecule has 1 rings (SSSR count). The molecule has 0 aromatic heterocycles. The van der Waals surface area contributed by atoms with Crippen LogP contribution in [0.3, 0.4) is 0 Å². The van der Waals surface area contributed by atoms with Crippen molar-refractivity contribution in [1.82, 2.24) is 10.2 Å². The van der Waals surface area contributed by atoms with Crippen LogP contribution in [0.1, 0.15) is 20.3 Å². The predicted molar refractivity (Wildman–Crippen MR) is 59.9 cm³/mol. The number of ether oxygens (including phenoxy) is 1. The third-order valence-electron chi connectivity index (χ3n) is 2.29. The second-order valence-electron chi connectivity index (χ2n) is 4.41. The number of nitrogens with zero attached hydrogens (tertiary/aromatic N) is 1. The molecule has 1 saturated heterocycles. The Balaban J connectivity index is 2.11. The van der Waals surface area contributed by atoms with E-state index < -0.39 is 0 Å². The lowest BCUT2D eigenvalue weighted by Crippen LogP contribution is -2.51. The van der Waals surface area contributed by atoms with Gasteiger partial charge in [0.2, 0.25) is 11.8 Å². The van der Waals surface area contributed by atoms with Gasteiger partial charge in [-0.3, -0.25) is 9.59 Å². The lowest BCUT2D eigenvalue weighted by molar-refractivity contribution is -0.140. The van der Waals surface area contributed by atoms with Crippen molar-refractivity contribution in [2.24, 2.45) is 5.92 Å². The van der Waals surface area contributed by atoms with Crippen LogP contribution in [0.15, 0.2) is 0 Å². The summed E-state index contributed by atoms with van der Waals surface area (Å²) < 4.78 is 5.41. The number of hydrogen-bond donors (Lipinski definition) is 1. The monoisotopic (exact) mass is 228 g/mol. The van der Waals surface area contributed by atoms with Crippen LogP contribution >= 0.6 is 0 Å². The second-order valence-corrected chi connectivity index (χ2v) is 4.41. The number of carbonyl (C=O) groups excluding carboxylic acids is 2. The first-order valence-electron chi connectivity index (χ1n) is 5.72. The van der Waals surface area contributed by atoms with Gasteiger partial charge >= 0.3 is 0 Å². The Morgan fingerprint density at radius 2 is 2.19 bits per heavy atom. The van der Waals surface area contributed by atoms with Crippen LogP contribution in [0.5, 0.6) is 0 Å². The first kappa shape index (κ1) is 13.0. The van der Waals surface area contributed by atoms with Gasteiger partial charge in [-0.1, -0.05) is 13.8 Å². The molecule has 1 N–H and O–H groups in total. The zero-order valence-corrected chi connectivity index (χ0v) is 9.99. The van der Waals surface area contributed by atoms with E-state index in [-0.39, 0.29) is 24.9 Å². The van der Waals surface area contributed by atoms with Gasteiger partial charge in [0.05, 0.1) is 13.1 Å². The number of amides is 2. The molecular weight excluding hydrogens is 208 g/mol. The predicted octanol–water partition coefficient (Wildman–Crippen LogP) is 0.00750. The number of hydrogen-bond acceptors (Lipinski definition) is 3. The summed E-state index contributed by atoms with van der Waals surface area (Å²) in [5, 5.41) is 2.52. The van der Waals surface area contributed by atoms with E-state index in [4.69, 9.17) is 4.74 Å². The van der Waals surface area contributed by atoms with Crippen molar-refractivity contribution < 1.29 is 14.3 Å². The summed E-state index contributed by atoms with van der Waals surface area (Å²) in [5.41, 5.74) is 0. The van der Waals surface area contributed by atoms with Crippen LogP contribution in [-0.4, -0.2) is 49.6 Å². The molecule has 0 bridgehead atoms. The minimum Gasteiger partial charge on any atom is -0.381 e. The van der Waals surface area contributed by atoms with Gasteiger partial charge in [-0.15, -0.1) is 0 Å². The highest BCUT2D eigenvalue weighted by atomic mass is 16.5. The average molecular weight is 228 g/mol. The van der Waals surface area contributed by atoms with Crippen LogP contribution < -0.4 is 5.32 Å². The number of carbonyl (C=O) groups is 2. The van der Waals surface area contributed by atoms with E-state index in [0.717, 1.165) is 13.0 Å². The molecule has 0 saturated carbocycles. The molecule has 2 amide bonds. The summed E-state index contributed by atoms with van der Waals surface area (Å²) in [7, 11) is 0. The third-order valence-corrected chi connectivity index (χ3v) is 2.29. The summed E-state index contributed by atoms with van der Waals surface area (Å²) in [6, 6.07) is 0. The summed E-state index contributed by atoms with van der Waals surface area (Å²) in [6.07, 6.45) is 0.783. The summed E-state index contributed by atoms with van der Waals surface area (Å²) >= 11 is 0. The summed E-state index contributed by atoms with van der Waals surface area (Å²) in [6.45, 7) is 6.49. The lowest BCUT2D eigenvalue weighted by Gasteiger charge is -2.26. The van der Waals surface area contributed by atoms with E-state index in [9.17, 15) is 9.59 Å². The van der Waals surface area contributed by atoms with Gasteiger partial charge in [-0.2, -0.15) is 0 Å². The Hall–Kier alpha value is -1.10. The molecule has 0 aromatic rings. The van der Waals surface area contributed by atoms with Crippen molar-refractivity contribution >= 4 is 11.8 Å². The van der Waals surface area contributed by atoms with E-state index in [2.05, 4.69) is 19.2 Å². The third kappa shape index (κ3) is 4.61. The molecule has 0 unspecified atom stereocenters. The van der Waals surface area contributed by atoms with Gasteiger partial charge in [0.15, 0.2) is 0 Å². The highest BCUT2D eigenvalue weighted by Crippen LogP contribution is 1.99. The normalized spacial score (nSPS) is 16.8. The Kier molecular flexibility index (Phi) is 5.25. The van der Waals surface area contributed by atoms with E-state index in [1.165, 1.54) is 0 Å². The Labute approximate surface area is 96.1 Å². The van der Waals surface area contributed by atoms with Gasteiger partial charge in [0.25, 0.3) is 0 Å². The largest absolute Gasteiger partial charge is 0.381 e. The SMILES string of the molecule is CC(C)COCCCN1CC(=O)NCC1=O. The number of nitrogens with one attached hydrogen (secondary N) is 1. The van der Waals surface area contributed by atoms with Gasteiger partial charge in [-0.25, -0.2) is 0 Å². The van der Waals surface area contributed by atoms with Gasteiger partial charge < -0.3 is 15.0 Å². The van der Waals surface area contributed by atoms with Crippen molar-refractivity contribution in [3.8, 4) is 0 Å². The molecule has 0 radical (unpaired) electrons. The fraction of sp³-hybridized carbons (Fsp3) is 0.818. The van der Waals surface area contributed by atoms with E-state index in [1.807, 2.05) is 0 Å². The van der Waals surface area contributed by atoms with Gasteiger partial charge in [0.1, 0.15) is 0 Å². The smallest absolute Gasteiger partial charge is 0.242 e. The minimum absolute atomic E-state index is 0.0107. The molecule has 1 fully saturated rings. The standard InChI is InChI=1S/C11H20N2O3/c1-9(2)8-16-5-3-4-13-7-10(14)12-6-11(13)15/h9H,3-8H2,1-2H3,(H,12,14). The number of piperazine rings is 1. The van der Waals surface area contributed by atoms with Gasteiger partial charge in [-0.05, 0) is 12.3 Å². The fourth-order valence-corrected chi connectivity index (χ4v) is 1.48. The van der Waals surface area contributed by atoms with Crippen molar-refractivity contribution in [2.75, 3.05) is 32.8 Å². The minimum atomic E-state index is -0.0808. The van der Waals surface area contributed by atoms with Crippen molar-refractivity contribution in [3.05, 3.63) is 0 Å². The molecule has 1 heterocycles. The maximum absolute atomic E-state index is 11.4.